The normalized spacial score (nSPS) is 13.8. The average molecular weight is 175 g/mol. The van der Waals surface area contributed by atoms with Crippen molar-refractivity contribution in [1.29, 1.82) is 0 Å². The molecule has 0 aromatic rings. The first-order valence-electron chi connectivity index (χ1n) is 4.44. The zero-order valence-corrected chi connectivity index (χ0v) is 8.59. The van der Waals surface area contributed by atoms with Crippen molar-refractivity contribution in [3.05, 3.63) is 0 Å². The Kier molecular flexibility index (Phi) is 7.45. The lowest BCUT2D eigenvalue weighted by molar-refractivity contribution is -0.113. The predicted octanol–water partition coefficient (Wildman–Crippen LogP) is 1.24. The molecule has 12 heavy (non-hydrogen) atoms. The quantitative estimate of drug-likeness (QED) is 0.591. The molecule has 0 saturated carbocycles. The summed E-state index contributed by atoms with van der Waals surface area (Å²) >= 11 is 0. The Labute approximate surface area is 75.4 Å². The maximum Gasteiger partial charge on any atom is 0.157 e. The molecule has 1 unspecified atom stereocenters. The molecule has 0 aliphatic rings. The molecule has 0 aliphatic heterocycles. The molecule has 0 aromatic heterocycles. The van der Waals surface area contributed by atoms with Crippen molar-refractivity contribution >= 4 is 0 Å². The molecule has 0 aliphatic carbocycles. The minimum atomic E-state index is -0.0446. The van der Waals surface area contributed by atoms with Crippen LogP contribution in [0.25, 0.3) is 0 Å². The molecule has 0 fully saturated rings. The highest BCUT2D eigenvalue weighted by Gasteiger charge is 2.10. The van der Waals surface area contributed by atoms with Gasteiger partial charge in [-0.15, -0.1) is 0 Å². The maximum absolute atomic E-state index is 5.11. The number of ether oxygens (including phenoxy) is 2. The van der Waals surface area contributed by atoms with Gasteiger partial charge in [0.25, 0.3) is 0 Å². The fourth-order valence-corrected chi connectivity index (χ4v) is 1.13. The summed E-state index contributed by atoms with van der Waals surface area (Å²) in [6.45, 7) is 3.27. The summed E-state index contributed by atoms with van der Waals surface area (Å²) in [4.78, 5) is 0. The van der Waals surface area contributed by atoms with Gasteiger partial charge in [0, 0.05) is 20.6 Å². The van der Waals surface area contributed by atoms with Gasteiger partial charge in [0.05, 0.1) is 0 Å². The zero-order valence-electron chi connectivity index (χ0n) is 8.59. The fraction of sp³-hybridized carbons (Fsp3) is 1.00. The first-order chi connectivity index (χ1) is 5.74. The lowest BCUT2D eigenvalue weighted by Gasteiger charge is -2.17. The number of rotatable bonds is 7. The Bertz CT molecular complexity index is 94.5. The van der Waals surface area contributed by atoms with Gasteiger partial charge in [-0.3, -0.25) is 0 Å². The zero-order chi connectivity index (χ0) is 9.40. The van der Waals surface area contributed by atoms with Crippen molar-refractivity contribution in [3.63, 3.8) is 0 Å². The molecule has 0 aromatic carbocycles. The van der Waals surface area contributed by atoms with Crippen LogP contribution >= 0.6 is 0 Å². The Morgan fingerprint density at radius 3 is 2.25 bits per heavy atom. The van der Waals surface area contributed by atoms with Gasteiger partial charge in [-0.25, -0.2) is 0 Å². The SMILES string of the molecule is CNCCC(C)CC(OC)OC. The van der Waals surface area contributed by atoms with Crippen LogP contribution in [0.15, 0.2) is 0 Å². The second-order valence-corrected chi connectivity index (χ2v) is 3.13. The van der Waals surface area contributed by atoms with Crippen molar-refractivity contribution in [2.75, 3.05) is 27.8 Å². The van der Waals surface area contributed by atoms with Gasteiger partial charge in [0.2, 0.25) is 0 Å². The molecule has 0 saturated heterocycles. The van der Waals surface area contributed by atoms with Crippen molar-refractivity contribution < 1.29 is 9.47 Å². The molecule has 3 heteroatoms. The molecule has 0 amide bonds. The van der Waals surface area contributed by atoms with Gasteiger partial charge in [-0.05, 0) is 25.9 Å². The summed E-state index contributed by atoms with van der Waals surface area (Å²) in [5, 5.41) is 3.13. The van der Waals surface area contributed by atoms with Crippen molar-refractivity contribution in [2.45, 2.75) is 26.1 Å². The highest BCUT2D eigenvalue weighted by atomic mass is 16.7. The van der Waals surface area contributed by atoms with Crippen molar-refractivity contribution in [3.8, 4) is 0 Å². The average Bonchev–Trinajstić information content (AvgIpc) is 2.10. The predicted molar refractivity (Wildman–Crippen MR) is 50.1 cm³/mol. The van der Waals surface area contributed by atoms with Crippen LogP contribution in [0.4, 0.5) is 0 Å². The molecule has 74 valence electrons. The van der Waals surface area contributed by atoms with E-state index in [-0.39, 0.29) is 6.29 Å². The van der Waals surface area contributed by atoms with Crippen LogP contribution in [-0.2, 0) is 9.47 Å². The van der Waals surface area contributed by atoms with Gasteiger partial charge < -0.3 is 14.8 Å². The third-order valence-electron chi connectivity index (χ3n) is 2.01. The second kappa shape index (κ2) is 7.53. The monoisotopic (exact) mass is 175 g/mol. The first kappa shape index (κ1) is 11.9. The second-order valence-electron chi connectivity index (χ2n) is 3.13. The molecule has 0 bridgehead atoms. The molecule has 3 nitrogen and oxygen atoms in total. The van der Waals surface area contributed by atoms with E-state index in [2.05, 4.69) is 12.2 Å². The summed E-state index contributed by atoms with van der Waals surface area (Å²) in [7, 11) is 5.33. The van der Waals surface area contributed by atoms with Gasteiger partial charge in [0.15, 0.2) is 6.29 Å². The molecular formula is C9H21NO2. The standard InChI is InChI=1S/C9H21NO2/c1-8(5-6-10-2)7-9(11-3)12-4/h8-10H,5-7H2,1-4H3. The van der Waals surface area contributed by atoms with Crippen LogP contribution in [-0.4, -0.2) is 34.1 Å². The van der Waals surface area contributed by atoms with Gasteiger partial charge in [0.1, 0.15) is 0 Å². The first-order valence-corrected chi connectivity index (χ1v) is 4.44. The topological polar surface area (TPSA) is 30.5 Å². The minimum absolute atomic E-state index is 0.0446. The van der Waals surface area contributed by atoms with E-state index in [1.807, 2.05) is 7.05 Å². The van der Waals surface area contributed by atoms with Crippen LogP contribution in [0.2, 0.25) is 0 Å². The lowest BCUT2D eigenvalue weighted by Crippen LogP contribution is -2.19. The van der Waals surface area contributed by atoms with E-state index in [0.29, 0.717) is 5.92 Å². The van der Waals surface area contributed by atoms with Gasteiger partial charge in [-0.2, -0.15) is 0 Å². The van der Waals surface area contributed by atoms with E-state index in [1.165, 1.54) is 6.42 Å². The highest BCUT2D eigenvalue weighted by molar-refractivity contribution is 4.56. The van der Waals surface area contributed by atoms with Crippen LogP contribution in [0, 0.1) is 5.92 Å². The van der Waals surface area contributed by atoms with Crippen LogP contribution in [0.1, 0.15) is 19.8 Å². The molecule has 0 heterocycles. The third kappa shape index (κ3) is 5.52. The summed E-state index contributed by atoms with van der Waals surface area (Å²) in [6, 6.07) is 0. The van der Waals surface area contributed by atoms with E-state index in [0.717, 1.165) is 13.0 Å². The lowest BCUT2D eigenvalue weighted by atomic mass is 10.0. The molecule has 0 rings (SSSR count). The number of hydrogen-bond acceptors (Lipinski definition) is 3. The minimum Gasteiger partial charge on any atom is -0.356 e. The largest absolute Gasteiger partial charge is 0.356 e. The summed E-state index contributed by atoms with van der Waals surface area (Å²) in [5.41, 5.74) is 0. The fourth-order valence-electron chi connectivity index (χ4n) is 1.13. The van der Waals surface area contributed by atoms with Gasteiger partial charge >= 0.3 is 0 Å². The maximum atomic E-state index is 5.11. The summed E-state index contributed by atoms with van der Waals surface area (Å²) in [6.07, 6.45) is 2.09. The number of methoxy groups -OCH3 is 2. The van der Waals surface area contributed by atoms with Crippen molar-refractivity contribution in [2.24, 2.45) is 5.92 Å². The Morgan fingerprint density at radius 1 is 1.25 bits per heavy atom. The van der Waals surface area contributed by atoms with E-state index in [4.69, 9.17) is 9.47 Å². The summed E-state index contributed by atoms with van der Waals surface area (Å²) < 4.78 is 10.2. The Morgan fingerprint density at radius 2 is 1.83 bits per heavy atom. The van der Waals surface area contributed by atoms with Gasteiger partial charge in [-0.1, -0.05) is 6.92 Å². The molecule has 0 spiro atoms. The molecular weight excluding hydrogens is 154 g/mol. The molecule has 1 atom stereocenters. The summed E-state index contributed by atoms with van der Waals surface area (Å²) in [5.74, 6) is 0.641. The Hall–Kier alpha value is -0.120. The van der Waals surface area contributed by atoms with E-state index < -0.39 is 0 Å². The van der Waals surface area contributed by atoms with Crippen molar-refractivity contribution in [1.82, 2.24) is 5.32 Å². The highest BCUT2D eigenvalue weighted by Crippen LogP contribution is 2.11. The van der Waals surface area contributed by atoms with E-state index >= 15 is 0 Å². The van der Waals surface area contributed by atoms with E-state index in [1.54, 1.807) is 14.2 Å². The molecule has 1 N–H and O–H groups in total. The van der Waals surface area contributed by atoms with Crippen LogP contribution in [0.5, 0.6) is 0 Å². The van der Waals surface area contributed by atoms with E-state index in [9.17, 15) is 0 Å². The van der Waals surface area contributed by atoms with Crippen LogP contribution < -0.4 is 5.32 Å². The van der Waals surface area contributed by atoms with Crippen LogP contribution in [0.3, 0.4) is 0 Å². The third-order valence-corrected chi connectivity index (χ3v) is 2.01. The Balaban J connectivity index is 3.44. The molecule has 0 radical (unpaired) electrons. The number of hydrogen-bond donors (Lipinski definition) is 1. The smallest absolute Gasteiger partial charge is 0.157 e. The number of nitrogens with one attached hydrogen (secondary N) is 1.